The number of aromatic nitrogens is 2. The highest BCUT2D eigenvalue weighted by molar-refractivity contribution is 7.17. The van der Waals surface area contributed by atoms with E-state index in [4.69, 9.17) is 5.11 Å². The minimum absolute atomic E-state index is 0.0887. The van der Waals surface area contributed by atoms with E-state index in [0.717, 1.165) is 17.5 Å². The molecular weight excluding hydrogens is 324 g/mol. The molecule has 0 bridgehead atoms. The van der Waals surface area contributed by atoms with Gasteiger partial charge in [-0.3, -0.25) is 14.2 Å². The second-order valence-corrected chi connectivity index (χ2v) is 6.43. The van der Waals surface area contributed by atoms with Gasteiger partial charge in [-0.1, -0.05) is 37.3 Å². The number of rotatable bonds is 6. The average Bonchev–Trinajstić information content (AvgIpc) is 2.99. The number of carboxylic acid groups (broad SMARTS) is 1. The summed E-state index contributed by atoms with van der Waals surface area (Å²) in [7, 11) is 0. The Bertz CT molecular complexity index is 929. The minimum atomic E-state index is -0.918. The summed E-state index contributed by atoms with van der Waals surface area (Å²) in [6, 6.07) is 9.72. The predicted molar refractivity (Wildman–Crippen MR) is 95.6 cm³/mol. The number of carboxylic acids is 1. The summed E-state index contributed by atoms with van der Waals surface area (Å²) in [5, 5.41) is 11.5. The lowest BCUT2D eigenvalue weighted by atomic mass is 10.1. The van der Waals surface area contributed by atoms with Crippen molar-refractivity contribution in [1.29, 1.82) is 0 Å². The second kappa shape index (κ2) is 6.97. The van der Waals surface area contributed by atoms with Crippen molar-refractivity contribution in [2.45, 2.75) is 32.7 Å². The van der Waals surface area contributed by atoms with Crippen LogP contribution in [0.15, 0.2) is 40.5 Å². The molecule has 6 heteroatoms. The smallest absolute Gasteiger partial charge is 0.305 e. The zero-order valence-electron chi connectivity index (χ0n) is 13.4. The van der Waals surface area contributed by atoms with Crippen LogP contribution in [0.3, 0.4) is 0 Å². The fourth-order valence-corrected chi connectivity index (χ4v) is 3.71. The van der Waals surface area contributed by atoms with Crippen molar-refractivity contribution in [2.75, 3.05) is 0 Å². The second-order valence-electron chi connectivity index (χ2n) is 5.57. The molecular formula is C18H18N2O3S. The number of aliphatic carboxylic acids is 1. The fourth-order valence-electron chi connectivity index (χ4n) is 2.75. The highest BCUT2D eigenvalue weighted by atomic mass is 32.1. The van der Waals surface area contributed by atoms with E-state index in [1.807, 2.05) is 42.6 Å². The Balaban J connectivity index is 2.20. The van der Waals surface area contributed by atoms with Crippen molar-refractivity contribution < 1.29 is 9.90 Å². The van der Waals surface area contributed by atoms with E-state index in [-0.39, 0.29) is 18.5 Å². The first-order valence-corrected chi connectivity index (χ1v) is 8.78. The maximum absolute atomic E-state index is 13.0. The normalized spacial score (nSPS) is 11.0. The van der Waals surface area contributed by atoms with Gasteiger partial charge in [-0.05, 0) is 12.0 Å². The van der Waals surface area contributed by atoms with Gasteiger partial charge in [0.1, 0.15) is 10.7 Å². The van der Waals surface area contributed by atoms with E-state index in [2.05, 4.69) is 4.98 Å². The van der Waals surface area contributed by atoms with Crippen LogP contribution in [0.1, 0.15) is 25.6 Å². The molecule has 124 valence electrons. The fraction of sp³-hybridized carbons (Fsp3) is 0.278. The molecule has 1 aromatic carbocycles. The van der Waals surface area contributed by atoms with Crippen molar-refractivity contribution >= 4 is 27.5 Å². The van der Waals surface area contributed by atoms with E-state index in [1.165, 1.54) is 15.9 Å². The number of hydrogen-bond donors (Lipinski definition) is 1. The topological polar surface area (TPSA) is 72.2 Å². The van der Waals surface area contributed by atoms with Crippen molar-refractivity contribution in [3.63, 3.8) is 0 Å². The summed E-state index contributed by atoms with van der Waals surface area (Å²) in [4.78, 5) is 29.3. The molecule has 0 spiro atoms. The van der Waals surface area contributed by atoms with Crippen LogP contribution in [-0.2, 0) is 17.8 Å². The largest absolute Gasteiger partial charge is 0.481 e. The standard InChI is InChI=1S/C18H18N2O3S/c1-2-6-14-19-17-16(18(23)20(14)10-9-15(21)22)13(11-24-17)12-7-4-3-5-8-12/h3-5,7-8,11H,2,6,9-10H2,1H3,(H,21,22). The Hall–Kier alpha value is -2.47. The van der Waals surface area contributed by atoms with Gasteiger partial charge < -0.3 is 5.11 Å². The molecule has 0 amide bonds. The Kier molecular flexibility index (Phi) is 4.76. The van der Waals surface area contributed by atoms with E-state index in [1.54, 1.807) is 0 Å². The number of benzene rings is 1. The van der Waals surface area contributed by atoms with Crippen LogP contribution in [0.4, 0.5) is 0 Å². The highest BCUT2D eigenvalue weighted by Gasteiger charge is 2.17. The van der Waals surface area contributed by atoms with Crippen molar-refractivity contribution in [1.82, 2.24) is 9.55 Å². The zero-order chi connectivity index (χ0) is 17.1. The monoisotopic (exact) mass is 342 g/mol. The van der Waals surface area contributed by atoms with E-state index in [0.29, 0.717) is 22.5 Å². The molecule has 0 radical (unpaired) electrons. The van der Waals surface area contributed by atoms with Gasteiger partial charge in [-0.2, -0.15) is 0 Å². The molecule has 0 atom stereocenters. The maximum atomic E-state index is 13.0. The first-order valence-electron chi connectivity index (χ1n) is 7.90. The van der Waals surface area contributed by atoms with Gasteiger partial charge in [-0.15, -0.1) is 11.3 Å². The summed E-state index contributed by atoms with van der Waals surface area (Å²) in [5.74, 6) is -0.254. The number of aryl methyl sites for hydroxylation is 1. The Morgan fingerprint density at radius 3 is 2.71 bits per heavy atom. The molecule has 2 heterocycles. The number of hydrogen-bond acceptors (Lipinski definition) is 4. The van der Waals surface area contributed by atoms with Gasteiger partial charge in [0, 0.05) is 23.9 Å². The third-order valence-corrected chi connectivity index (χ3v) is 4.75. The molecule has 0 unspecified atom stereocenters. The zero-order valence-corrected chi connectivity index (χ0v) is 14.2. The lowest BCUT2D eigenvalue weighted by Gasteiger charge is -2.11. The molecule has 2 aromatic heterocycles. The quantitative estimate of drug-likeness (QED) is 0.743. The molecule has 0 aliphatic carbocycles. The Morgan fingerprint density at radius 1 is 1.29 bits per heavy atom. The lowest BCUT2D eigenvalue weighted by molar-refractivity contribution is -0.137. The first kappa shape index (κ1) is 16.4. The molecule has 0 saturated heterocycles. The summed E-state index contributed by atoms with van der Waals surface area (Å²) >= 11 is 1.46. The molecule has 3 rings (SSSR count). The van der Waals surface area contributed by atoms with Gasteiger partial charge in [0.25, 0.3) is 5.56 Å². The predicted octanol–water partition coefficient (Wildman–Crippen LogP) is 3.55. The molecule has 0 aliphatic rings. The molecule has 0 fully saturated rings. The Labute approximate surface area is 143 Å². The number of nitrogens with zero attached hydrogens (tertiary/aromatic N) is 2. The molecule has 1 N–H and O–H groups in total. The van der Waals surface area contributed by atoms with E-state index in [9.17, 15) is 9.59 Å². The number of carbonyl (C=O) groups is 1. The SMILES string of the molecule is CCCc1nc2scc(-c3ccccc3)c2c(=O)n1CCC(=O)O. The lowest BCUT2D eigenvalue weighted by Crippen LogP contribution is -2.26. The van der Waals surface area contributed by atoms with Crippen LogP contribution in [-0.4, -0.2) is 20.6 Å². The maximum Gasteiger partial charge on any atom is 0.305 e. The van der Waals surface area contributed by atoms with Crippen molar-refractivity contribution in [3.8, 4) is 11.1 Å². The van der Waals surface area contributed by atoms with Crippen molar-refractivity contribution in [2.24, 2.45) is 0 Å². The van der Waals surface area contributed by atoms with Gasteiger partial charge in [0.2, 0.25) is 0 Å². The van der Waals surface area contributed by atoms with Gasteiger partial charge in [0.15, 0.2) is 0 Å². The molecule has 24 heavy (non-hydrogen) atoms. The van der Waals surface area contributed by atoms with Crippen LogP contribution in [0.5, 0.6) is 0 Å². The molecule has 0 aliphatic heterocycles. The van der Waals surface area contributed by atoms with Crippen LogP contribution in [0.2, 0.25) is 0 Å². The number of fused-ring (bicyclic) bond motifs is 1. The minimum Gasteiger partial charge on any atom is -0.481 e. The summed E-state index contributed by atoms with van der Waals surface area (Å²) in [6.07, 6.45) is 1.42. The third kappa shape index (κ3) is 3.10. The van der Waals surface area contributed by atoms with Crippen LogP contribution >= 0.6 is 11.3 Å². The van der Waals surface area contributed by atoms with Gasteiger partial charge >= 0.3 is 5.97 Å². The van der Waals surface area contributed by atoms with Gasteiger partial charge in [0.05, 0.1) is 11.8 Å². The van der Waals surface area contributed by atoms with Crippen LogP contribution in [0, 0.1) is 0 Å². The molecule has 3 aromatic rings. The average molecular weight is 342 g/mol. The highest BCUT2D eigenvalue weighted by Crippen LogP contribution is 2.30. The third-order valence-electron chi connectivity index (χ3n) is 3.88. The van der Waals surface area contributed by atoms with Crippen molar-refractivity contribution in [3.05, 3.63) is 51.9 Å². The van der Waals surface area contributed by atoms with Gasteiger partial charge in [-0.25, -0.2) is 4.98 Å². The Morgan fingerprint density at radius 2 is 2.04 bits per heavy atom. The summed E-state index contributed by atoms with van der Waals surface area (Å²) < 4.78 is 1.53. The van der Waals surface area contributed by atoms with E-state index >= 15 is 0 Å². The molecule has 0 saturated carbocycles. The van der Waals surface area contributed by atoms with Crippen LogP contribution < -0.4 is 5.56 Å². The van der Waals surface area contributed by atoms with E-state index < -0.39 is 5.97 Å². The molecule has 5 nitrogen and oxygen atoms in total. The first-order chi connectivity index (χ1) is 11.6. The van der Waals surface area contributed by atoms with Crippen LogP contribution in [0.25, 0.3) is 21.3 Å². The number of thiophene rings is 1. The summed E-state index contributed by atoms with van der Waals surface area (Å²) in [6.45, 7) is 2.16. The summed E-state index contributed by atoms with van der Waals surface area (Å²) in [5.41, 5.74) is 1.68.